The number of unbranched alkanes of at least 4 members (excludes halogenated alkanes) is 1. The summed E-state index contributed by atoms with van der Waals surface area (Å²) in [7, 11) is 0. The third-order valence-corrected chi connectivity index (χ3v) is 3.37. The Morgan fingerprint density at radius 2 is 2.14 bits per heavy atom. The van der Waals surface area contributed by atoms with E-state index in [1.54, 1.807) is 6.08 Å². The molecule has 22 heavy (non-hydrogen) atoms. The van der Waals surface area contributed by atoms with Crippen molar-refractivity contribution >= 4 is 12.0 Å². The summed E-state index contributed by atoms with van der Waals surface area (Å²) < 4.78 is 7.17. The second-order valence-corrected chi connectivity index (χ2v) is 5.05. The van der Waals surface area contributed by atoms with Gasteiger partial charge in [-0.3, -0.25) is 0 Å². The lowest BCUT2D eigenvalue weighted by molar-refractivity contribution is -0.138. The van der Waals surface area contributed by atoms with Gasteiger partial charge in [-0.2, -0.15) is 10.5 Å². The number of carbonyl (C=O) groups excluding carboxylic acids is 1. The van der Waals surface area contributed by atoms with Crippen LogP contribution >= 0.6 is 0 Å². The predicted molar refractivity (Wildman–Crippen MR) is 83.6 cm³/mol. The van der Waals surface area contributed by atoms with E-state index in [9.17, 15) is 4.79 Å². The fourth-order valence-corrected chi connectivity index (χ4v) is 2.23. The fraction of sp³-hybridized carbons (Fsp3) is 0.471. The minimum Gasteiger partial charge on any atom is -0.462 e. The minimum atomic E-state index is -0.638. The van der Waals surface area contributed by atoms with Gasteiger partial charge in [0.2, 0.25) is 0 Å². The molecule has 1 aromatic heterocycles. The second-order valence-electron chi connectivity index (χ2n) is 5.05. The number of aryl methyl sites for hydroxylation is 1. The van der Waals surface area contributed by atoms with Crippen molar-refractivity contribution in [1.82, 2.24) is 4.57 Å². The molecule has 116 valence electrons. The smallest absolute Gasteiger partial charge is 0.348 e. The number of aromatic nitrogens is 1. The monoisotopic (exact) mass is 299 g/mol. The van der Waals surface area contributed by atoms with Gasteiger partial charge in [0.15, 0.2) is 0 Å². The molecule has 0 unspecified atom stereocenters. The van der Waals surface area contributed by atoms with Crippen LogP contribution in [0.3, 0.4) is 0 Å². The summed E-state index contributed by atoms with van der Waals surface area (Å²) in [5.74, 6) is -0.638. The van der Waals surface area contributed by atoms with Crippen LogP contribution in [0, 0.1) is 36.5 Å². The molecule has 0 saturated carbocycles. The number of hydrogen-bond acceptors (Lipinski definition) is 4. The van der Waals surface area contributed by atoms with Crippen LogP contribution in [0.1, 0.15) is 43.1 Å². The van der Waals surface area contributed by atoms with Crippen molar-refractivity contribution in [2.24, 2.45) is 0 Å². The van der Waals surface area contributed by atoms with E-state index in [-0.39, 0.29) is 12.2 Å². The number of nitrogens with zero attached hydrogens (tertiary/aromatic N) is 3. The Morgan fingerprint density at radius 1 is 1.41 bits per heavy atom. The first-order chi connectivity index (χ1) is 10.5. The molecule has 0 amide bonds. The first-order valence-corrected chi connectivity index (χ1v) is 7.37. The van der Waals surface area contributed by atoms with Crippen LogP contribution in [0.5, 0.6) is 0 Å². The first-order valence-electron chi connectivity index (χ1n) is 7.37. The second kappa shape index (κ2) is 8.69. The highest BCUT2D eigenvalue weighted by Gasteiger charge is 2.13. The van der Waals surface area contributed by atoms with Crippen molar-refractivity contribution in [3.63, 3.8) is 0 Å². The summed E-state index contributed by atoms with van der Waals surface area (Å²) in [6.45, 7) is 7.15. The Labute approximate surface area is 131 Å². The zero-order chi connectivity index (χ0) is 16.5. The van der Waals surface area contributed by atoms with E-state index >= 15 is 0 Å². The molecule has 1 rings (SSSR count). The van der Waals surface area contributed by atoms with Crippen LogP contribution in [-0.2, 0) is 16.1 Å². The van der Waals surface area contributed by atoms with Crippen molar-refractivity contribution < 1.29 is 9.53 Å². The molecule has 0 saturated heterocycles. The Bertz CT molecular complexity index is 642. The highest BCUT2D eigenvalue weighted by Crippen LogP contribution is 2.19. The molecule has 0 atom stereocenters. The van der Waals surface area contributed by atoms with Gasteiger partial charge in [-0.25, -0.2) is 4.79 Å². The normalized spacial score (nSPS) is 10.9. The van der Waals surface area contributed by atoms with E-state index < -0.39 is 5.97 Å². The number of rotatable bonds is 7. The molecule has 0 spiro atoms. The minimum absolute atomic E-state index is 0.0197. The van der Waals surface area contributed by atoms with Gasteiger partial charge >= 0.3 is 5.97 Å². The standard InChI is InChI=1S/C17H21N3O2/c1-4-8-20-13(2)10-15(14(20)3)11-16(12-19)17(21)22-9-6-5-7-18/h10-11H,4-6,8-9H2,1-3H3/b16-11+. The van der Waals surface area contributed by atoms with Crippen molar-refractivity contribution in [3.05, 3.63) is 28.6 Å². The molecule has 5 nitrogen and oxygen atoms in total. The first kappa shape index (κ1) is 17.5. The maximum Gasteiger partial charge on any atom is 0.348 e. The zero-order valence-electron chi connectivity index (χ0n) is 13.3. The number of carbonyl (C=O) groups is 1. The highest BCUT2D eigenvalue weighted by atomic mass is 16.5. The quantitative estimate of drug-likeness (QED) is 0.335. The van der Waals surface area contributed by atoms with Crippen LogP contribution in [0.15, 0.2) is 11.6 Å². The van der Waals surface area contributed by atoms with Gasteiger partial charge in [-0.15, -0.1) is 0 Å². The summed E-state index contributed by atoms with van der Waals surface area (Å²) >= 11 is 0. The van der Waals surface area contributed by atoms with Gasteiger partial charge in [0.25, 0.3) is 0 Å². The van der Waals surface area contributed by atoms with Crippen molar-refractivity contribution in [2.75, 3.05) is 6.61 Å². The predicted octanol–water partition coefficient (Wildman–Crippen LogP) is 3.27. The third kappa shape index (κ3) is 4.49. The molecule has 1 heterocycles. The van der Waals surface area contributed by atoms with E-state index in [1.165, 1.54) is 0 Å². The van der Waals surface area contributed by atoms with E-state index in [0.29, 0.717) is 12.8 Å². The average molecular weight is 299 g/mol. The van der Waals surface area contributed by atoms with Gasteiger partial charge in [0, 0.05) is 24.4 Å². The number of esters is 1. The fourth-order valence-electron chi connectivity index (χ4n) is 2.23. The van der Waals surface area contributed by atoms with Crippen LogP contribution in [0.4, 0.5) is 0 Å². The van der Waals surface area contributed by atoms with Crippen LogP contribution < -0.4 is 0 Å². The largest absolute Gasteiger partial charge is 0.462 e. The molecule has 1 aromatic rings. The molecule has 0 aromatic carbocycles. The van der Waals surface area contributed by atoms with Gasteiger partial charge in [-0.05, 0) is 44.4 Å². The molecular formula is C17H21N3O2. The lowest BCUT2D eigenvalue weighted by Crippen LogP contribution is -2.08. The van der Waals surface area contributed by atoms with Crippen molar-refractivity contribution in [3.8, 4) is 12.1 Å². The van der Waals surface area contributed by atoms with Gasteiger partial charge in [0.1, 0.15) is 11.6 Å². The maximum atomic E-state index is 11.9. The van der Waals surface area contributed by atoms with E-state index in [4.69, 9.17) is 15.3 Å². The van der Waals surface area contributed by atoms with Gasteiger partial charge in [-0.1, -0.05) is 6.92 Å². The summed E-state index contributed by atoms with van der Waals surface area (Å²) in [6.07, 6.45) is 3.40. The van der Waals surface area contributed by atoms with E-state index in [0.717, 1.165) is 29.9 Å². The Kier molecular flexibility index (Phi) is 6.92. The van der Waals surface area contributed by atoms with Crippen LogP contribution in [0.25, 0.3) is 6.08 Å². The Morgan fingerprint density at radius 3 is 2.73 bits per heavy atom. The molecule has 0 aliphatic heterocycles. The summed E-state index contributed by atoms with van der Waals surface area (Å²) in [5.41, 5.74) is 2.97. The topological polar surface area (TPSA) is 78.8 Å². The summed E-state index contributed by atoms with van der Waals surface area (Å²) in [6, 6.07) is 5.83. The number of hydrogen-bond donors (Lipinski definition) is 0. The van der Waals surface area contributed by atoms with Gasteiger partial charge in [0.05, 0.1) is 12.7 Å². The van der Waals surface area contributed by atoms with Crippen molar-refractivity contribution in [1.29, 1.82) is 10.5 Å². The molecule has 5 heteroatoms. The molecule has 0 aliphatic carbocycles. The van der Waals surface area contributed by atoms with Crippen molar-refractivity contribution in [2.45, 2.75) is 46.6 Å². The lowest BCUT2D eigenvalue weighted by atomic mass is 10.1. The van der Waals surface area contributed by atoms with Gasteiger partial charge < -0.3 is 9.30 Å². The SMILES string of the molecule is CCCn1c(C)cc(/C=C(\C#N)C(=O)OCCCC#N)c1C. The maximum absolute atomic E-state index is 11.9. The highest BCUT2D eigenvalue weighted by molar-refractivity contribution is 5.98. The zero-order valence-corrected chi connectivity index (χ0v) is 13.3. The Hall–Kier alpha value is -2.53. The average Bonchev–Trinajstić information content (AvgIpc) is 2.76. The molecule has 0 aliphatic rings. The molecule has 0 bridgehead atoms. The number of nitriles is 2. The molecule has 0 fully saturated rings. The van der Waals surface area contributed by atoms with E-state index in [2.05, 4.69) is 11.5 Å². The molecule has 0 radical (unpaired) electrons. The molecular weight excluding hydrogens is 278 g/mol. The molecule has 0 N–H and O–H groups in total. The third-order valence-electron chi connectivity index (χ3n) is 3.37. The summed E-state index contributed by atoms with van der Waals surface area (Å²) in [5, 5.41) is 17.6. The van der Waals surface area contributed by atoms with Crippen LogP contribution in [-0.4, -0.2) is 17.1 Å². The van der Waals surface area contributed by atoms with E-state index in [1.807, 2.05) is 32.1 Å². The Balaban J connectivity index is 2.89. The van der Waals surface area contributed by atoms with Crippen LogP contribution in [0.2, 0.25) is 0 Å². The lowest BCUT2D eigenvalue weighted by Gasteiger charge is -2.07. The summed E-state index contributed by atoms with van der Waals surface area (Å²) in [4.78, 5) is 11.9. The number of ether oxygens (including phenoxy) is 1.